The second-order valence-electron chi connectivity index (χ2n) is 4.13. The second kappa shape index (κ2) is 5.90. The van der Waals surface area contributed by atoms with Gasteiger partial charge in [0, 0.05) is 5.56 Å². The first kappa shape index (κ1) is 15.6. The van der Waals surface area contributed by atoms with Gasteiger partial charge in [0.05, 0.1) is 25.7 Å². The second-order valence-corrected chi connectivity index (χ2v) is 5.70. The standard InChI is InChI=1S/C14H7Cl4FO/c1-6-2-3-7(19)4-8(6)14(20)11-9(15)5-10(16)12(17)13(11)18/h2-5H,1H3. The van der Waals surface area contributed by atoms with Crippen LogP contribution in [-0.4, -0.2) is 5.78 Å². The molecule has 0 bridgehead atoms. The van der Waals surface area contributed by atoms with Crippen LogP contribution >= 0.6 is 46.4 Å². The molecule has 1 nitrogen and oxygen atoms in total. The molecule has 0 fully saturated rings. The number of halogens is 5. The van der Waals surface area contributed by atoms with Gasteiger partial charge in [-0.2, -0.15) is 0 Å². The topological polar surface area (TPSA) is 17.1 Å². The van der Waals surface area contributed by atoms with Crippen LogP contribution in [0.3, 0.4) is 0 Å². The Hall–Kier alpha value is -0.800. The van der Waals surface area contributed by atoms with E-state index in [-0.39, 0.29) is 31.2 Å². The van der Waals surface area contributed by atoms with Crippen molar-refractivity contribution in [2.75, 3.05) is 0 Å². The molecule has 0 amide bonds. The van der Waals surface area contributed by atoms with Crippen molar-refractivity contribution in [3.8, 4) is 0 Å². The van der Waals surface area contributed by atoms with Crippen molar-refractivity contribution in [1.82, 2.24) is 0 Å². The average Bonchev–Trinajstić information content (AvgIpc) is 2.39. The van der Waals surface area contributed by atoms with Crippen LogP contribution in [0.1, 0.15) is 21.5 Å². The van der Waals surface area contributed by atoms with Gasteiger partial charge in [0.15, 0.2) is 5.78 Å². The summed E-state index contributed by atoms with van der Waals surface area (Å²) >= 11 is 23.8. The summed E-state index contributed by atoms with van der Waals surface area (Å²) in [4.78, 5) is 12.5. The highest BCUT2D eigenvalue weighted by atomic mass is 35.5. The molecule has 0 heterocycles. The summed E-state index contributed by atoms with van der Waals surface area (Å²) < 4.78 is 13.3. The number of hydrogen-bond acceptors (Lipinski definition) is 1. The normalized spacial score (nSPS) is 10.7. The molecule has 0 radical (unpaired) electrons. The minimum absolute atomic E-state index is 0.0106. The minimum Gasteiger partial charge on any atom is -0.288 e. The lowest BCUT2D eigenvalue weighted by molar-refractivity contribution is 0.103. The van der Waals surface area contributed by atoms with Crippen molar-refractivity contribution in [2.45, 2.75) is 6.92 Å². The van der Waals surface area contributed by atoms with Crippen LogP contribution in [-0.2, 0) is 0 Å². The van der Waals surface area contributed by atoms with E-state index in [0.717, 1.165) is 6.07 Å². The summed E-state index contributed by atoms with van der Waals surface area (Å²) in [5.74, 6) is -1.03. The van der Waals surface area contributed by atoms with Crippen LogP contribution in [0.25, 0.3) is 0 Å². The van der Waals surface area contributed by atoms with Gasteiger partial charge in [-0.1, -0.05) is 52.5 Å². The van der Waals surface area contributed by atoms with Crippen LogP contribution in [0.4, 0.5) is 4.39 Å². The fourth-order valence-corrected chi connectivity index (χ4v) is 2.83. The maximum atomic E-state index is 13.3. The highest BCUT2D eigenvalue weighted by molar-refractivity contribution is 6.51. The van der Waals surface area contributed by atoms with Gasteiger partial charge in [0.2, 0.25) is 0 Å². The van der Waals surface area contributed by atoms with Gasteiger partial charge in [-0.25, -0.2) is 4.39 Å². The third-order valence-corrected chi connectivity index (χ3v) is 4.35. The van der Waals surface area contributed by atoms with Gasteiger partial charge < -0.3 is 0 Å². The lowest BCUT2D eigenvalue weighted by atomic mass is 9.99. The lowest BCUT2D eigenvalue weighted by Gasteiger charge is -2.11. The molecule has 2 rings (SSSR count). The van der Waals surface area contributed by atoms with Crippen LogP contribution in [0, 0.1) is 12.7 Å². The number of ketones is 1. The molecule has 0 saturated heterocycles. The van der Waals surface area contributed by atoms with E-state index in [9.17, 15) is 9.18 Å². The molecule has 2 aromatic carbocycles. The number of carbonyl (C=O) groups is 1. The highest BCUT2D eigenvalue weighted by Gasteiger charge is 2.22. The number of aryl methyl sites for hydroxylation is 1. The van der Waals surface area contributed by atoms with Gasteiger partial charge in [-0.15, -0.1) is 0 Å². The van der Waals surface area contributed by atoms with Gasteiger partial charge in [0.1, 0.15) is 5.82 Å². The molecule has 0 aliphatic rings. The summed E-state index contributed by atoms with van der Waals surface area (Å²) in [5.41, 5.74) is 0.790. The molecular weight excluding hydrogens is 345 g/mol. The molecule has 0 aliphatic heterocycles. The fourth-order valence-electron chi connectivity index (χ4n) is 1.75. The lowest BCUT2D eigenvalue weighted by Crippen LogP contribution is -2.06. The first-order valence-electron chi connectivity index (χ1n) is 5.46. The Morgan fingerprint density at radius 2 is 1.65 bits per heavy atom. The van der Waals surface area contributed by atoms with Crippen LogP contribution < -0.4 is 0 Å². The number of hydrogen-bond donors (Lipinski definition) is 0. The summed E-state index contributed by atoms with van der Waals surface area (Å²) in [6.07, 6.45) is 0. The van der Waals surface area contributed by atoms with Gasteiger partial charge in [0.25, 0.3) is 0 Å². The fraction of sp³-hybridized carbons (Fsp3) is 0.0714. The van der Waals surface area contributed by atoms with E-state index in [1.165, 1.54) is 18.2 Å². The van der Waals surface area contributed by atoms with Crippen molar-refractivity contribution >= 4 is 52.2 Å². The van der Waals surface area contributed by atoms with E-state index in [1.54, 1.807) is 6.92 Å². The number of carbonyl (C=O) groups excluding carboxylic acids is 1. The number of rotatable bonds is 2. The Bertz CT molecular complexity index is 713. The Morgan fingerprint density at radius 1 is 1.00 bits per heavy atom. The van der Waals surface area contributed by atoms with Crippen LogP contribution in [0.15, 0.2) is 24.3 Å². The summed E-state index contributed by atoms with van der Waals surface area (Å²) in [7, 11) is 0. The third kappa shape index (κ3) is 2.79. The molecule has 6 heteroatoms. The summed E-state index contributed by atoms with van der Waals surface area (Å²) in [5, 5.41) is 0.209. The Kier molecular flexibility index (Phi) is 4.60. The maximum absolute atomic E-state index is 13.3. The molecule has 0 aromatic heterocycles. The SMILES string of the molecule is Cc1ccc(F)cc1C(=O)c1c(Cl)cc(Cl)c(Cl)c1Cl. The zero-order valence-corrected chi connectivity index (χ0v) is 13.1. The molecule has 2 aromatic rings. The van der Waals surface area contributed by atoms with E-state index in [2.05, 4.69) is 0 Å². The monoisotopic (exact) mass is 350 g/mol. The molecule has 0 unspecified atom stereocenters. The smallest absolute Gasteiger partial charge is 0.196 e. The Labute approximate surface area is 135 Å². The average molecular weight is 352 g/mol. The minimum atomic E-state index is -0.522. The molecule has 0 spiro atoms. The molecular formula is C14H7Cl4FO. The van der Waals surface area contributed by atoms with Gasteiger partial charge in [-0.3, -0.25) is 4.79 Å². The highest BCUT2D eigenvalue weighted by Crippen LogP contribution is 2.38. The quantitative estimate of drug-likeness (QED) is 0.369. The Morgan fingerprint density at radius 3 is 2.30 bits per heavy atom. The summed E-state index contributed by atoms with van der Waals surface area (Å²) in [6.45, 7) is 1.69. The van der Waals surface area contributed by atoms with E-state index < -0.39 is 11.6 Å². The zero-order chi connectivity index (χ0) is 15.0. The Balaban J connectivity index is 2.66. The summed E-state index contributed by atoms with van der Waals surface area (Å²) in [6, 6.07) is 5.23. The molecule has 104 valence electrons. The predicted molar refractivity (Wildman–Crippen MR) is 81.1 cm³/mol. The zero-order valence-electron chi connectivity index (χ0n) is 10.1. The first-order valence-corrected chi connectivity index (χ1v) is 6.98. The molecule has 0 saturated carbocycles. The van der Waals surface area contributed by atoms with Crippen molar-refractivity contribution < 1.29 is 9.18 Å². The van der Waals surface area contributed by atoms with Gasteiger partial charge in [-0.05, 0) is 30.7 Å². The van der Waals surface area contributed by atoms with Crippen molar-refractivity contribution in [3.05, 3.63) is 66.9 Å². The molecule has 20 heavy (non-hydrogen) atoms. The molecule has 0 N–H and O–H groups in total. The van der Waals surface area contributed by atoms with Crippen LogP contribution in [0.2, 0.25) is 20.1 Å². The van der Waals surface area contributed by atoms with E-state index in [0.29, 0.717) is 5.56 Å². The van der Waals surface area contributed by atoms with Crippen LogP contribution in [0.5, 0.6) is 0 Å². The largest absolute Gasteiger partial charge is 0.288 e. The maximum Gasteiger partial charge on any atom is 0.196 e. The van der Waals surface area contributed by atoms with Gasteiger partial charge >= 0.3 is 0 Å². The van der Waals surface area contributed by atoms with E-state index in [1.807, 2.05) is 0 Å². The van der Waals surface area contributed by atoms with Crippen molar-refractivity contribution in [2.24, 2.45) is 0 Å². The molecule has 0 aliphatic carbocycles. The van der Waals surface area contributed by atoms with E-state index >= 15 is 0 Å². The van der Waals surface area contributed by atoms with Crippen molar-refractivity contribution in [3.63, 3.8) is 0 Å². The number of benzene rings is 2. The predicted octanol–water partition coefficient (Wildman–Crippen LogP) is 5.98. The third-order valence-electron chi connectivity index (χ3n) is 2.79. The van der Waals surface area contributed by atoms with Crippen molar-refractivity contribution in [1.29, 1.82) is 0 Å². The van der Waals surface area contributed by atoms with E-state index in [4.69, 9.17) is 46.4 Å². The molecule has 0 atom stereocenters. The first-order chi connectivity index (χ1) is 9.32.